The average Bonchev–Trinajstić information content (AvgIpc) is 2.96. The second-order valence-electron chi connectivity index (χ2n) is 5.41. The maximum atomic E-state index is 13.8. The average molecular weight is 298 g/mol. The second-order valence-corrected chi connectivity index (χ2v) is 5.41. The van der Waals surface area contributed by atoms with Crippen LogP contribution in [0.3, 0.4) is 0 Å². The molecule has 1 N–H and O–H groups in total. The summed E-state index contributed by atoms with van der Waals surface area (Å²) in [6, 6.07) is 4.81. The molecule has 0 spiro atoms. The summed E-state index contributed by atoms with van der Waals surface area (Å²) < 4.78 is 13.8. The van der Waals surface area contributed by atoms with Crippen LogP contribution < -0.4 is 0 Å². The second kappa shape index (κ2) is 5.67. The molecule has 2 atom stereocenters. The molecular weight excluding hydrogens is 283 g/mol. The number of hydrogen-bond acceptors (Lipinski definition) is 3. The molecule has 0 saturated carbocycles. The quantitative estimate of drug-likeness (QED) is 0.945. The molecule has 112 valence electrons. The van der Waals surface area contributed by atoms with Crippen LogP contribution in [0.2, 0.25) is 0 Å². The number of carboxylic acid groups (broad SMARTS) is 1. The summed E-state index contributed by atoms with van der Waals surface area (Å²) in [5, 5.41) is 9.50. The van der Waals surface area contributed by atoms with Crippen LogP contribution in [0.5, 0.6) is 0 Å². The Kier molecular flexibility index (Phi) is 3.71. The lowest BCUT2D eigenvalue weighted by Crippen LogP contribution is -2.17. The van der Waals surface area contributed by atoms with Gasteiger partial charge in [0.2, 0.25) is 0 Å². The first kappa shape index (κ1) is 14.4. The smallest absolute Gasteiger partial charge is 0.311 e. The number of hydrogen-bond donors (Lipinski definition) is 1. The number of halogens is 1. The molecule has 1 heterocycles. The molecule has 0 amide bonds. The Bertz CT molecular complexity index is 744. The Hall–Kier alpha value is -2.56. The van der Waals surface area contributed by atoms with Crippen LogP contribution in [-0.2, 0) is 4.79 Å². The number of benzene rings is 1. The van der Waals surface area contributed by atoms with Crippen molar-refractivity contribution in [2.75, 3.05) is 0 Å². The van der Waals surface area contributed by atoms with Gasteiger partial charge in [0.25, 0.3) is 0 Å². The molecule has 0 saturated heterocycles. The van der Waals surface area contributed by atoms with Gasteiger partial charge < -0.3 is 5.11 Å². The van der Waals surface area contributed by atoms with Crippen LogP contribution in [-0.4, -0.2) is 21.0 Å². The van der Waals surface area contributed by atoms with Gasteiger partial charge in [0.1, 0.15) is 5.82 Å². The van der Waals surface area contributed by atoms with Crippen molar-refractivity contribution in [3.05, 3.63) is 65.5 Å². The van der Waals surface area contributed by atoms with Crippen molar-refractivity contribution in [1.29, 1.82) is 0 Å². The van der Waals surface area contributed by atoms with Crippen molar-refractivity contribution in [2.45, 2.75) is 19.3 Å². The van der Waals surface area contributed by atoms with E-state index in [1.54, 1.807) is 43.7 Å². The highest BCUT2D eigenvalue weighted by Crippen LogP contribution is 2.43. The molecule has 1 aliphatic carbocycles. The lowest BCUT2D eigenvalue weighted by molar-refractivity contribution is -0.140. The first-order valence-electron chi connectivity index (χ1n) is 7.03. The minimum absolute atomic E-state index is 0.287. The predicted molar refractivity (Wildman–Crippen MR) is 79.6 cm³/mol. The van der Waals surface area contributed by atoms with E-state index in [0.29, 0.717) is 17.7 Å². The Morgan fingerprint density at radius 1 is 1.36 bits per heavy atom. The number of allylic oxidation sites excluding steroid dienone is 1. The van der Waals surface area contributed by atoms with E-state index in [9.17, 15) is 14.3 Å². The van der Waals surface area contributed by atoms with Gasteiger partial charge in [-0.3, -0.25) is 14.8 Å². The molecule has 5 heteroatoms. The summed E-state index contributed by atoms with van der Waals surface area (Å²) in [5.74, 6) is -2.19. The highest BCUT2D eigenvalue weighted by atomic mass is 19.1. The van der Waals surface area contributed by atoms with Crippen LogP contribution in [0, 0.1) is 18.7 Å². The zero-order chi connectivity index (χ0) is 15.7. The maximum absolute atomic E-state index is 13.8. The van der Waals surface area contributed by atoms with Gasteiger partial charge in [-0.2, -0.15) is 0 Å². The van der Waals surface area contributed by atoms with E-state index in [0.717, 1.165) is 11.1 Å². The molecule has 4 nitrogen and oxygen atoms in total. The maximum Gasteiger partial charge on any atom is 0.311 e. The topological polar surface area (TPSA) is 63.1 Å². The Morgan fingerprint density at radius 3 is 2.86 bits per heavy atom. The predicted octanol–water partition coefficient (Wildman–Crippen LogP) is 3.20. The fraction of sp³-hybridized carbons (Fsp3) is 0.235. The summed E-state index contributed by atoms with van der Waals surface area (Å²) in [4.78, 5) is 19.8. The van der Waals surface area contributed by atoms with Crippen LogP contribution in [0.15, 0.2) is 42.9 Å². The fourth-order valence-corrected chi connectivity index (χ4v) is 2.99. The summed E-state index contributed by atoms with van der Waals surface area (Å²) in [5.41, 5.74) is 2.76. The highest BCUT2D eigenvalue weighted by Gasteiger charge is 2.35. The van der Waals surface area contributed by atoms with Crippen molar-refractivity contribution in [3.8, 4) is 0 Å². The summed E-state index contributed by atoms with van der Waals surface area (Å²) >= 11 is 0. The van der Waals surface area contributed by atoms with Gasteiger partial charge in [0.15, 0.2) is 0 Å². The number of rotatable bonds is 3. The number of carbonyl (C=O) groups is 1. The van der Waals surface area contributed by atoms with Gasteiger partial charge in [-0.05, 0) is 36.1 Å². The molecule has 2 aromatic rings. The van der Waals surface area contributed by atoms with Crippen molar-refractivity contribution >= 4 is 11.5 Å². The molecule has 1 aliphatic rings. The first-order valence-corrected chi connectivity index (χ1v) is 7.03. The minimum atomic E-state index is -0.910. The van der Waals surface area contributed by atoms with Crippen molar-refractivity contribution in [1.82, 2.24) is 9.97 Å². The van der Waals surface area contributed by atoms with Gasteiger partial charge >= 0.3 is 5.97 Å². The fourth-order valence-electron chi connectivity index (χ4n) is 2.99. The Balaban J connectivity index is 2.00. The SMILES string of the molecule is Cc1c(F)cccc1C1CC(c2cnccn2)=CC1C(=O)O. The standard InChI is InChI=1S/C17H15FN2O2/c1-10-12(3-2-4-15(10)18)13-7-11(8-14(13)17(21)22)16-9-19-5-6-20-16/h2-6,8-9,13-14H,7H2,1H3,(H,21,22). The summed E-state index contributed by atoms with van der Waals surface area (Å²) in [7, 11) is 0. The van der Waals surface area contributed by atoms with Crippen molar-refractivity contribution < 1.29 is 14.3 Å². The number of carboxylic acids is 1. The molecule has 3 rings (SSSR count). The normalized spacial score (nSPS) is 20.7. The van der Waals surface area contributed by atoms with E-state index in [1.165, 1.54) is 6.07 Å². The van der Waals surface area contributed by atoms with Crippen molar-refractivity contribution in [3.63, 3.8) is 0 Å². The van der Waals surface area contributed by atoms with Gasteiger partial charge in [-0.25, -0.2) is 4.39 Å². The lowest BCUT2D eigenvalue weighted by atomic mass is 9.85. The van der Waals surface area contributed by atoms with Gasteiger partial charge in [0, 0.05) is 18.3 Å². The molecule has 1 aromatic carbocycles. The third-order valence-electron chi connectivity index (χ3n) is 4.14. The number of nitrogens with zero attached hydrogens (tertiary/aromatic N) is 2. The van der Waals surface area contributed by atoms with E-state index >= 15 is 0 Å². The minimum Gasteiger partial charge on any atom is -0.481 e. The van der Waals surface area contributed by atoms with Crippen molar-refractivity contribution in [2.24, 2.45) is 5.92 Å². The molecule has 1 aromatic heterocycles. The zero-order valence-electron chi connectivity index (χ0n) is 12.0. The molecule has 0 bridgehead atoms. The third kappa shape index (κ3) is 2.50. The van der Waals surface area contributed by atoms with E-state index in [2.05, 4.69) is 9.97 Å². The molecule has 0 radical (unpaired) electrons. The Morgan fingerprint density at radius 2 is 2.18 bits per heavy atom. The zero-order valence-corrected chi connectivity index (χ0v) is 12.0. The van der Waals surface area contributed by atoms with E-state index in [1.807, 2.05) is 0 Å². The van der Waals surface area contributed by atoms with E-state index < -0.39 is 11.9 Å². The molecule has 2 unspecified atom stereocenters. The largest absolute Gasteiger partial charge is 0.481 e. The number of aromatic nitrogens is 2. The monoisotopic (exact) mass is 298 g/mol. The van der Waals surface area contributed by atoms with Crippen LogP contribution in [0.1, 0.15) is 29.2 Å². The number of aliphatic carboxylic acids is 1. The van der Waals surface area contributed by atoms with Crippen LogP contribution in [0.25, 0.3) is 5.57 Å². The van der Waals surface area contributed by atoms with E-state index in [-0.39, 0.29) is 11.7 Å². The van der Waals surface area contributed by atoms with E-state index in [4.69, 9.17) is 0 Å². The molecule has 0 fully saturated rings. The first-order chi connectivity index (χ1) is 10.6. The third-order valence-corrected chi connectivity index (χ3v) is 4.14. The molecule has 22 heavy (non-hydrogen) atoms. The molecular formula is C17H15FN2O2. The Labute approximate surface area is 127 Å². The summed E-state index contributed by atoms with van der Waals surface area (Å²) in [6.07, 6.45) is 6.99. The van der Waals surface area contributed by atoms with Gasteiger partial charge in [-0.15, -0.1) is 0 Å². The summed E-state index contributed by atoms with van der Waals surface area (Å²) in [6.45, 7) is 1.68. The van der Waals surface area contributed by atoms with Crippen LogP contribution in [0.4, 0.5) is 4.39 Å². The lowest BCUT2D eigenvalue weighted by Gasteiger charge is -2.19. The van der Waals surface area contributed by atoms with Gasteiger partial charge in [0.05, 0.1) is 17.8 Å². The van der Waals surface area contributed by atoms with Crippen LogP contribution >= 0.6 is 0 Å². The van der Waals surface area contributed by atoms with Gasteiger partial charge in [-0.1, -0.05) is 18.2 Å². The highest BCUT2D eigenvalue weighted by molar-refractivity contribution is 5.81. The molecule has 0 aliphatic heterocycles.